The van der Waals surface area contributed by atoms with E-state index in [-0.39, 0.29) is 12.2 Å². The number of esters is 1. The normalized spacial score (nSPS) is 10.0. The summed E-state index contributed by atoms with van der Waals surface area (Å²) in [6.07, 6.45) is 0.676. The predicted octanol–water partition coefficient (Wildman–Crippen LogP) is 2.66. The van der Waals surface area contributed by atoms with Gasteiger partial charge < -0.3 is 9.47 Å². The SMILES string of the molecule is CCOC(=O)C(=O)c1cc(Cl)c(CC)c(OC)c1. The zero-order valence-electron chi connectivity index (χ0n) is 10.6. The number of hydrogen-bond acceptors (Lipinski definition) is 4. The summed E-state index contributed by atoms with van der Waals surface area (Å²) in [6, 6.07) is 2.96. The first-order valence-corrected chi connectivity index (χ1v) is 6.00. The fourth-order valence-corrected chi connectivity index (χ4v) is 1.93. The van der Waals surface area contributed by atoms with Crippen molar-refractivity contribution in [2.24, 2.45) is 0 Å². The maximum atomic E-state index is 11.8. The number of carbonyl (C=O) groups excluding carboxylic acids is 2. The van der Waals surface area contributed by atoms with E-state index in [9.17, 15) is 9.59 Å². The standard InChI is InChI=1S/C13H15ClO4/c1-4-9-10(14)6-8(7-11(9)17-3)12(15)13(16)18-5-2/h6-7H,4-5H2,1-3H3. The molecule has 0 aromatic heterocycles. The van der Waals surface area contributed by atoms with Gasteiger partial charge in [-0.1, -0.05) is 18.5 Å². The molecule has 0 saturated heterocycles. The molecule has 18 heavy (non-hydrogen) atoms. The van der Waals surface area contributed by atoms with Gasteiger partial charge in [0.05, 0.1) is 13.7 Å². The van der Waals surface area contributed by atoms with Gasteiger partial charge in [0.25, 0.3) is 5.78 Å². The van der Waals surface area contributed by atoms with Crippen molar-refractivity contribution >= 4 is 23.4 Å². The van der Waals surface area contributed by atoms with Crippen LogP contribution in [0.25, 0.3) is 0 Å². The Kier molecular flexibility index (Phi) is 5.16. The summed E-state index contributed by atoms with van der Waals surface area (Å²) >= 11 is 6.05. The van der Waals surface area contributed by atoms with Gasteiger partial charge in [-0.05, 0) is 25.5 Å². The molecular formula is C13H15ClO4. The molecule has 0 amide bonds. The van der Waals surface area contributed by atoms with Gasteiger partial charge in [0, 0.05) is 16.1 Å². The number of rotatable bonds is 5. The Labute approximate surface area is 111 Å². The van der Waals surface area contributed by atoms with Crippen LogP contribution < -0.4 is 4.74 Å². The van der Waals surface area contributed by atoms with Crippen molar-refractivity contribution in [3.8, 4) is 5.75 Å². The lowest BCUT2D eigenvalue weighted by atomic mass is 10.1. The van der Waals surface area contributed by atoms with Crippen LogP contribution in [0.5, 0.6) is 5.75 Å². The van der Waals surface area contributed by atoms with Crippen LogP contribution in [-0.2, 0) is 16.0 Å². The smallest absolute Gasteiger partial charge is 0.379 e. The van der Waals surface area contributed by atoms with Gasteiger partial charge in [-0.2, -0.15) is 0 Å². The van der Waals surface area contributed by atoms with E-state index < -0.39 is 11.8 Å². The van der Waals surface area contributed by atoms with Crippen LogP contribution in [0.4, 0.5) is 0 Å². The number of halogens is 1. The Bertz CT molecular complexity index is 468. The van der Waals surface area contributed by atoms with E-state index >= 15 is 0 Å². The molecule has 0 unspecified atom stereocenters. The van der Waals surface area contributed by atoms with Crippen LogP contribution in [-0.4, -0.2) is 25.5 Å². The van der Waals surface area contributed by atoms with E-state index in [0.29, 0.717) is 17.2 Å². The summed E-state index contributed by atoms with van der Waals surface area (Å²) in [7, 11) is 1.49. The molecule has 1 aromatic rings. The molecule has 1 rings (SSSR count). The van der Waals surface area contributed by atoms with Gasteiger partial charge in [0.15, 0.2) is 0 Å². The zero-order chi connectivity index (χ0) is 13.7. The van der Waals surface area contributed by atoms with Gasteiger partial charge >= 0.3 is 5.97 Å². The molecule has 0 aliphatic rings. The van der Waals surface area contributed by atoms with Crippen molar-refractivity contribution < 1.29 is 19.1 Å². The number of carbonyl (C=O) groups is 2. The second-order valence-corrected chi connectivity index (χ2v) is 3.95. The molecule has 0 atom stereocenters. The fraction of sp³-hybridized carbons (Fsp3) is 0.385. The van der Waals surface area contributed by atoms with E-state index in [4.69, 9.17) is 16.3 Å². The highest BCUT2D eigenvalue weighted by molar-refractivity contribution is 6.41. The minimum atomic E-state index is -0.889. The number of ketones is 1. The van der Waals surface area contributed by atoms with Crippen LogP contribution in [0.1, 0.15) is 29.8 Å². The number of methoxy groups -OCH3 is 1. The minimum Gasteiger partial charge on any atom is -0.496 e. The largest absolute Gasteiger partial charge is 0.496 e. The monoisotopic (exact) mass is 270 g/mol. The van der Waals surface area contributed by atoms with Crippen LogP contribution in [0, 0.1) is 0 Å². The summed E-state index contributed by atoms with van der Waals surface area (Å²) in [5, 5.41) is 0.407. The zero-order valence-corrected chi connectivity index (χ0v) is 11.3. The maximum absolute atomic E-state index is 11.8. The van der Waals surface area contributed by atoms with E-state index in [2.05, 4.69) is 4.74 Å². The third-order valence-corrected chi connectivity index (χ3v) is 2.79. The summed E-state index contributed by atoms with van der Waals surface area (Å²) < 4.78 is 9.81. The molecule has 1 aromatic carbocycles. The third-order valence-electron chi connectivity index (χ3n) is 2.45. The first kappa shape index (κ1) is 14.5. The molecular weight excluding hydrogens is 256 g/mol. The molecule has 5 heteroatoms. The van der Waals surface area contributed by atoms with Crippen molar-refractivity contribution in [3.05, 3.63) is 28.3 Å². The van der Waals surface area contributed by atoms with Gasteiger partial charge in [0.1, 0.15) is 5.75 Å². The minimum absolute atomic E-state index is 0.155. The van der Waals surface area contributed by atoms with E-state index in [1.54, 1.807) is 6.92 Å². The second-order valence-electron chi connectivity index (χ2n) is 3.54. The van der Waals surface area contributed by atoms with Gasteiger partial charge in [0.2, 0.25) is 0 Å². The number of benzene rings is 1. The topological polar surface area (TPSA) is 52.6 Å². The number of Topliss-reactive ketones (excluding diaryl/α,β-unsaturated/α-hetero) is 1. The lowest BCUT2D eigenvalue weighted by Gasteiger charge is -2.10. The average molecular weight is 271 g/mol. The van der Waals surface area contributed by atoms with Crippen molar-refractivity contribution in [2.75, 3.05) is 13.7 Å². The lowest BCUT2D eigenvalue weighted by molar-refractivity contribution is -0.137. The highest BCUT2D eigenvalue weighted by atomic mass is 35.5. The molecule has 0 fully saturated rings. The highest BCUT2D eigenvalue weighted by Crippen LogP contribution is 2.29. The Morgan fingerprint density at radius 1 is 1.28 bits per heavy atom. The van der Waals surface area contributed by atoms with Crippen molar-refractivity contribution in [3.63, 3.8) is 0 Å². The van der Waals surface area contributed by atoms with Crippen LogP contribution in [0.3, 0.4) is 0 Å². The molecule has 98 valence electrons. The van der Waals surface area contributed by atoms with Crippen molar-refractivity contribution in [2.45, 2.75) is 20.3 Å². The van der Waals surface area contributed by atoms with E-state index in [1.165, 1.54) is 19.2 Å². The summed E-state index contributed by atoms with van der Waals surface area (Å²) in [6.45, 7) is 3.72. The van der Waals surface area contributed by atoms with Gasteiger partial charge in [-0.3, -0.25) is 4.79 Å². The molecule has 0 bridgehead atoms. The molecule has 0 N–H and O–H groups in total. The number of hydrogen-bond donors (Lipinski definition) is 0. The molecule has 0 heterocycles. The van der Waals surface area contributed by atoms with Crippen molar-refractivity contribution in [1.29, 1.82) is 0 Å². The Morgan fingerprint density at radius 3 is 2.44 bits per heavy atom. The Balaban J connectivity index is 3.15. The first-order chi connectivity index (χ1) is 8.54. The molecule has 0 aliphatic heterocycles. The van der Waals surface area contributed by atoms with Gasteiger partial charge in [-0.15, -0.1) is 0 Å². The van der Waals surface area contributed by atoms with Gasteiger partial charge in [-0.25, -0.2) is 4.79 Å². The van der Waals surface area contributed by atoms with E-state index in [0.717, 1.165) is 5.56 Å². The Morgan fingerprint density at radius 2 is 1.94 bits per heavy atom. The maximum Gasteiger partial charge on any atom is 0.379 e. The summed E-state index contributed by atoms with van der Waals surface area (Å²) in [4.78, 5) is 23.1. The first-order valence-electron chi connectivity index (χ1n) is 5.62. The quantitative estimate of drug-likeness (QED) is 0.469. The molecule has 0 saturated carbocycles. The lowest BCUT2D eigenvalue weighted by Crippen LogP contribution is -2.17. The molecule has 0 aliphatic carbocycles. The van der Waals surface area contributed by atoms with Crippen molar-refractivity contribution in [1.82, 2.24) is 0 Å². The molecule has 4 nitrogen and oxygen atoms in total. The van der Waals surface area contributed by atoms with E-state index in [1.807, 2.05) is 6.92 Å². The predicted molar refractivity (Wildman–Crippen MR) is 68.3 cm³/mol. The molecule has 0 radical (unpaired) electrons. The fourth-order valence-electron chi connectivity index (χ4n) is 1.58. The second kappa shape index (κ2) is 6.40. The summed E-state index contributed by atoms with van der Waals surface area (Å²) in [5.74, 6) is -1.11. The van der Waals surface area contributed by atoms with Crippen LogP contribution in [0.2, 0.25) is 5.02 Å². The number of ether oxygens (including phenoxy) is 2. The third kappa shape index (κ3) is 3.01. The van der Waals surface area contributed by atoms with Crippen LogP contribution in [0.15, 0.2) is 12.1 Å². The Hall–Kier alpha value is -1.55. The average Bonchev–Trinajstić information content (AvgIpc) is 2.36. The van der Waals surface area contributed by atoms with Crippen LogP contribution >= 0.6 is 11.6 Å². The highest BCUT2D eigenvalue weighted by Gasteiger charge is 2.20. The summed E-state index contributed by atoms with van der Waals surface area (Å²) in [5.41, 5.74) is 0.979. The molecule has 0 spiro atoms.